The standard InChI is InChI=1S/C20H18F3N5OS/c1-19(2)17(29)27(12-4-6-15(24)14(9-12)20(21,22)23)18(30)28(19)13-5-7-16-11(8-13)10-25-26(16)3/h4-10H,24H2,1-3H3. The lowest BCUT2D eigenvalue weighted by Gasteiger charge is -2.29. The molecule has 156 valence electrons. The molecule has 2 aromatic carbocycles. The lowest BCUT2D eigenvalue weighted by atomic mass is 10.0. The molecule has 0 atom stereocenters. The van der Waals surface area contributed by atoms with Gasteiger partial charge in [-0.05, 0) is 62.5 Å². The number of carbonyl (C=O) groups is 1. The maximum Gasteiger partial charge on any atom is 0.418 e. The van der Waals surface area contributed by atoms with E-state index in [-0.39, 0.29) is 10.8 Å². The molecule has 1 aromatic heterocycles. The maximum atomic E-state index is 13.3. The SMILES string of the molecule is Cn1ncc2cc(N3C(=S)N(c4ccc(N)c(C(F)(F)F)c4)C(=O)C3(C)C)ccc21. The fourth-order valence-corrected chi connectivity index (χ4v) is 4.20. The Morgan fingerprint density at radius 2 is 1.77 bits per heavy atom. The van der Waals surface area contributed by atoms with Crippen LogP contribution in [0.25, 0.3) is 10.9 Å². The highest BCUT2D eigenvalue weighted by Gasteiger charge is 2.50. The number of anilines is 3. The van der Waals surface area contributed by atoms with E-state index < -0.39 is 28.9 Å². The number of carbonyl (C=O) groups excluding carboxylic acids is 1. The minimum absolute atomic E-state index is 0.0181. The van der Waals surface area contributed by atoms with E-state index in [0.717, 1.165) is 27.9 Å². The van der Waals surface area contributed by atoms with Crippen molar-refractivity contribution in [1.82, 2.24) is 9.78 Å². The normalized spacial score (nSPS) is 16.7. The van der Waals surface area contributed by atoms with Gasteiger partial charge in [-0.2, -0.15) is 18.3 Å². The number of aromatic nitrogens is 2. The third kappa shape index (κ3) is 2.90. The zero-order valence-corrected chi connectivity index (χ0v) is 17.2. The average Bonchev–Trinajstić information content (AvgIpc) is 3.10. The summed E-state index contributed by atoms with van der Waals surface area (Å²) in [7, 11) is 1.82. The highest BCUT2D eigenvalue weighted by Crippen LogP contribution is 2.40. The molecule has 1 saturated heterocycles. The van der Waals surface area contributed by atoms with Gasteiger partial charge in [-0.25, -0.2) is 0 Å². The first-order valence-corrected chi connectivity index (χ1v) is 9.41. The number of amides is 1. The van der Waals surface area contributed by atoms with Crippen molar-refractivity contribution in [2.24, 2.45) is 7.05 Å². The number of benzene rings is 2. The molecule has 3 aromatic rings. The molecule has 0 unspecified atom stereocenters. The molecule has 2 N–H and O–H groups in total. The maximum absolute atomic E-state index is 13.3. The Labute approximate surface area is 175 Å². The topological polar surface area (TPSA) is 67.4 Å². The number of nitrogens with zero attached hydrogens (tertiary/aromatic N) is 4. The highest BCUT2D eigenvalue weighted by molar-refractivity contribution is 7.81. The van der Waals surface area contributed by atoms with Crippen LogP contribution in [0.2, 0.25) is 0 Å². The molecule has 30 heavy (non-hydrogen) atoms. The van der Waals surface area contributed by atoms with Crippen molar-refractivity contribution >= 4 is 51.2 Å². The van der Waals surface area contributed by atoms with Crippen LogP contribution in [0.1, 0.15) is 19.4 Å². The van der Waals surface area contributed by atoms with Gasteiger partial charge in [0.25, 0.3) is 5.91 Å². The average molecular weight is 433 g/mol. The summed E-state index contributed by atoms with van der Waals surface area (Å²) < 4.78 is 41.7. The molecule has 0 aliphatic carbocycles. The summed E-state index contributed by atoms with van der Waals surface area (Å²) in [5.74, 6) is -0.434. The number of rotatable bonds is 2. The summed E-state index contributed by atoms with van der Waals surface area (Å²) in [6.07, 6.45) is -2.95. The monoisotopic (exact) mass is 433 g/mol. The summed E-state index contributed by atoms with van der Waals surface area (Å²) in [6, 6.07) is 8.85. The van der Waals surface area contributed by atoms with Gasteiger partial charge in [0.2, 0.25) is 0 Å². The van der Waals surface area contributed by atoms with E-state index in [2.05, 4.69) is 5.10 Å². The van der Waals surface area contributed by atoms with Crippen LogP contribution in [0.15, 0.2) is 42.6 Å². The van der Waals surface area contributed by atoms with Crippen LogP contribution in [-0.2, 0) is 18.0 Å². The van der Waals surface area contributed by atoms with E-state index in [1.807, 2.05) is 19.2 Å². The molecule has 1 amide bonds. The summed E-state index contributed by atoms with van der Waals surface area (Å²) in [6.45, 7) is 3.36. The molecule has 2 heterocycles. The van der Waals surface area contributed by atoms with Crippen molar-refractivity contribution in [3.05, 3.63) is 48.2 Å². The zero-order chi connectivity index (χ0) is 22.0. The summed E-state index contributed by atoms with van der Waals surface area (Å²) in [5, 5.41) is 5.15. The molecule has 0 saturated carbocycles. The van der Waals surface area contributed by atoms with Crippen LogP contribution >= 0.6 is 12.2 Å². The minimum Gasteiger partial charge on any atom is -0.398 e. The number of fused-ring (bicyclic) bond motifs is 1. The quantitative estimate of drug-likeness (QED) is 0.487. The second-order valence-corrected chi connectivity index (χ2v) is 7.96. The lowest BCUT2D eigenvalue weighted by molar-refractivity contribution is -0.137. The summed E-state index contributed by atoms with van der Waals surface area (Å²) in [4.78, 5) is 16.0. The number of nitrogen functional groups attached to an aromatic ring is 1. The van der Waals surface area contributed by atoms with Crippen LogP contribution in [0.3, 0.4) is 0 Å². The van der Waals surface area contributed by atoms with Gasteiger partial charge in [-0.15, -0.1) is 0 Å². The van der Waals surface area contributed by atoms with Gasteiger partial charge in [-0.3, -0.25) is 14.4 Å². The third-order valence-electron chi connectivity index (χ3n) is 5.26. The third-order valence-corrected chi connectivity index (χ3v) is 5.62. The molecule has 1 fully saturated rings. The first-order chi connectivity index (χ1) is 13.9. The highest BCUT2D eigenvalue weighted by atomic mass is 32.1. The number of thiocarbonyl (C=S) groups is 1. The Morgan fingerprint density at radius 1 is 1.10 bits per heavy atom. The second kappa shape index (κ2) is 6.43. The van der Waals surface area contributed by atoms with Gasteiger partial charge in [-0.1, -0.05) is 0 Å². The number of aryl methyl sites for hydroxylation is 1. The molecule has 1 aliphatic heterocycles. The van der Waals surface area contributed by atoms with Gasteiger partial charge in [0.15, 0.2) is 5.11 Å². The van der Waals surface area contributed by atoms with Crippen LogP contribution in [0.4, 0.5) is 30.2 Å². The van der Waals surface area contributed by atoms with Crippen molar-refractivity contribution in [2.45, 2.75) is 25.6 Å². The van der Waals surface area contributed by atoms with E-state index in [1.165, 1.54) is 6.07 Å². The lowest BCUT2D eigenvalue weighted by Crippen LogP contribution is -2.44. The molecule has 0 spiro atoms. The largest absolute Gasteiger partial charge is 0.418 e. The number of nitrogens with two attached hydrogens (primary N) is 1. The van der Waals surface area contributed by atoms with E-state index in [4.69, 9.17) is 18.0 Å². The van der Waals surface area contributed by atoms with Gasteiger partial charge in [0.05, 0.1) is 23.0 Å². The van der Waals surface area contributed by atoms with E-state index >= 15 is 0 Å². The smallest absolute Gasteiger partial charge is 0.398 e. The van der Waals surface area contributed by atoms with Gasteiger partial charge in [0.1, 0.15) is 5.54 Å². The van der Waals surface area contributed by atoms with E-state index in [1.54, 1.807) is 35.7 Å². The van der Waals surface area contributed by atoms with Crippen LogP contribution < -0.4 is 15.5 Å². The van der Waals surface area contributed by atoms with Crippen molar-refractivity contribution in [1.29, 1.82) is 0 Å². The molecular weight excluding hydrogens is 415 g/mol. The molecule has 1 aliphatic rings. The van der Waals surface area contributed by atoms with Gasteiger partial charge < -0.3 is 10.6 Å². The number of hydrogen-bond donors (Lipinski definition) is 1. The summed E-state index contributed by atoms with van der Waals surface area (Å²) >= 11 is 5.55. The Kier molecular flexibility index (Phi) is 4.32. The fourth-order valence-electron chi connectivity index (χ4n) is 3.68. The molecular formula is C20H18F3N5OS. The molecule has 0 bridgehead atoms. The molecule has 10 heteroatoms. The molecule has 0 radical (unpaired) electrons. The Bertz CT molecular complexity index is 1200. The predicted octanol–water partition coefficient (Wildman–Crippen LogP) is 4.09. The molecule has 6 nitrogen and oxygen atoms in total. The number of hydrogen-bond acceptors (Lipinski definition) is 4. The van der Waals surface area contributed by atoms with Crippen LogP contribution in [0, 0.1) is 0 Å². The molecule has 4 rings (SSSR count). The predicted molar refractivity (Wildman–Crippen MR) is 113 cm³/mol. The minimum atomic E-state index is -4.65. The van der Waals surface area contributed by atoms with E-state index in [9.17, 15) is 18.0 Å². The van der Waals surface area contributed by atoms with Crippen molar-refractivity contribution in [2.75, 3.05) is 15.5 Å². The van der Waals surface area contributed by atoms with Gasteiger partial charge in [0, 0.05) is 23.8 Å². The van der Waals surface area contributed by atoms with Crippen LogP contribution in [0.5, 0.6) is 0 Å². The first kappa shape index (κ1) is 20.1. The summed E-state index contributed by atoms with van der Waals surface area (Å²) in [5.41, 5.74) is 4.53. The first-order valence-electron chi connectivity index (χ1n) is 9.00. The van der Waals surface area contributed by atoms with Gasteiger partial charge >= 0.3 is 6.18 Å². The zero-order valence-electron chi connectivity index (χ0n) is 16.4. The van der Waals surface area contributed by atoms with E-state index in [0.29, 0.717) is 5.69 Å². The Hall–Kier alpha value is -3.14. The second-order valence-electron chi connectivity index (χ2n) is 7.60. The Morgan fingerprint density at radius 3 is 2.43 bits per heavy atom. The Balaban J connectivity index is 1.81. The van der Waals surface area contributed by atoms with Crippen LogP contribution in [-0.4, -0.2) is 26.3 Å². The van der Waals surface area contributed by atoms with Crippen molar-refractivity contribution in [3.63, 3.8) is 0 Å². The number of halogens is 3. The van der Waals surface area contributed by atoms with Crippen molar-refractivity contribution in [3.8, 4) is 0 Å². The van der Waals surface area contributed by atoms with Crippen molar-refractivity contribution < 1.29 is 18.0 Å². The fraction of sp³-hybridized carbons (Fsp3) is 0.250. The number of alkyl halides is 3.